The number of likely N-dealkylation sites (N-methyl/N-ethyl adjacent to an activating group) is 1. The van der Waals surface area contributed by atoms with Crippen LogP contribution >= 0.6 is 0 Å². The van der Waals surface area contributed by atoms with Crippen molar-refractivity contribution < 1.29 is 19.8 Å². The van der Waals surface area contributed by atoms with E-state index in [2.05, 4.69) is 0 Å². The number of benzene rings is 1. The van der Waals surface area contributed by atoms with Gasteiger partial charge in [-0.05, 0) is 31.9 Å². The topological polar surface area (TPSA) is 104 Å². The molecule has 1 rings (SSSR count). The predicted molar refractivity (Wildman–Crippen MR) is 75.7 cm³/mol. The Labute approximate surface area is 117 Å². The number of rotatable bonds is 6. The fourth-order valence-corrected chi connectivity index (χ4v) is 1.94. The van der Waals surface area contributed by atoms with Gasteiger partial charge in [-0.1, -0.05) is 6.07 Å². The van der Waals surface area contributed by atoms with Gasteiger partial charge in [0.25, 0.3) is 0 Å². The molecule has 110 valence electrons. The van der Waals surface area contributed by atoms with E-state index >= 15 is 0 Å². The number of carbonyl (C=O) groups excluding carboxylic acids is 1. The van der Waals surface area contributed by atoms with Crippen molar-refractivity contribution in [2.24, 2.45) is 5.73 Å². The normalized spacial score (nSPS) is 11.9. The van der Waals surface area contributed by atoms with Gasteiger partial charge in [0.1, 0.15) is 5.75 Å². The number of nitrogens with zero attached hydrogens (tertiary/aromatic N) is 1. The van der Waals surface area contributed by atoms with Crippen LogP contribution in [0.1, 0.15) is 25.3 Å². The van der Waals surface area contributed by atoms with Crippen LogP contribution in [0.5, 0.6) is 5.75 Å². The van der Waals surface area contributed by atoms with Crippen molar-refractivity contribution >= 4 is 17.6 Å². The minimum atomic E-state index is -0.982. The Morgan fingerprint density at radius 2 is 2.05 bits per heavy atom. The summed E-state index contributed by atoms with van der Waals surface area (Å²) in [5, 5.41) is 18.2. The third kappa shape index (κ3) is 3.96. The van der Waals surface area contributed by atoms with E-state index < -0.39 is 12.0 Å². The lowest BCUT2D eigenvalue weighted by atomic mass is 10.1. The third-order valence-corrected chi connectivity index (χ3v) is 3.05. The number of aromatic hydroxyl groups is 1. The molecule has 0 spiro atoms. The molecule has 4 N–H and O–H groups in total. The maximum atomic E-state index is 12.3. The summed E-state index contributed by atoms with van der Waals surface area (Å²) in [6.07, 6.45) is -0.0635. The highest BCUT2D eigenvalue weighted by atomic mass is 16.4. The lowest BCUT2D eigenvalue weighted by molar-refractivity contribution is -0.137. The standard InChI is InChI=1S/C14H20N2O4/c1-3-16(12-8-10(17)5-4-9(12)2)14(20)11(15)6-7-13(18)19/h4-5,8,11,17H,3,6-7,15H2,1-2H3,(H,18,19). The fraction of sp³-hybridized carbons (Fsp3) is 0.429. The van der Waals surface area contributed by atoms with Crippen LogP contribution in [0.4, 0.5) is 5.69 Å². The number of carbonyl (C=O) groups is 2. The van der Waals surface area contributed by atoms with Gasteiger partial charge < -0.3 is 20.8 Å². The molecule has 1 aromatic rings. The van der Waals surface area contributed by atoms with Crippen molar-refractivity contribution in [3.63, 3.8) is 0 Å². The number of aryl methyl sites for hydroxylation is 1. The smallest absolute Gasteiger partial charge is 0.303 e. The Morgan fingerprint density at radius 3 is 2.60 bits per heavy atom. The second-order valence-corrected chi connectivity index (χ2v) is 4.59. The zero-order chi connectivity index (χ0) is 15.3. The Balaban J connectivity index is 2.91. The van der Waals surface area contributed by atoms with Gasteiger partial charge in [-0.2, -0.15) is 0 Å². The number of anilines is 1. The number of amides is 1. The molecule has 0 saturated carbocycles. The second-order valence-electron chi connectivity index (χ2n) is 4.59. The molecule has 0 radical (unpaired) electrons. The molecule has 1 aromatic carbocycles. The molecule has 0 heterocycles. The number of phenolic OH excluding ortho intramolecular Hbond substituents is 1. The van der Waals surface area contributed by atoms with Crippen LogP contribution in [0.25, 0.3) is 0 Å². The number of aliphatic carboxylic acids is 1. The van der Waals surface area contributed by atoms with Gasteiger partial charge in [-0.3, -0.25) is 9.59 Å². The van der Waals surface area contributed by atoms with Crippen LogP contribution in [0.15, 0.2) is 18.2 Å². The van der Waals surface area contributed by atoms with Gasteiger partial charge in [-0.15, -0.1) is 0 Å². The minimum Gasteiger partial charge on any atom is -0.508 e. The first kappa shape index (κ1) is 16.0. The average Bonchev–Trinajstić information content (AvgIpc) is 2.40. The molecular weight excluding hydrogens is 260 g/mol. The molecule has 20 heavy (non-hydrogen) atoms. The van der Waals surface area contributed by atoms with Crippen LogP contribution in [-0.2, 0) is 9.59 Å². The van der Waals surface area contributed by atoms with Gasteiger partial charge >= 0.3 is 5.97 Å². The molecular formula is C14H20N2O4. The van der Waals surface area contributed by atoms with Crippen LogP contribution in [-0.4, -0.2) is 34.7 Å². The van der Waals surface area contributed by atoms with Crippen molar-refractivity contribution in [3.05, 3.63) is 23.8 Å². The zero-order valence-electron chi connectivity index (χ0n) is 11.7. The van der Waals surface area contributed by atoms with Crippen molar-refractivity contribution in [1.29, 1.82) is 0 Å². The van der Waals surface area contributed by atoms with E-state index in [0.29, 0.717) is 12.2 Å². The first-order valence-electron chi connectivity index (χ1n) is 6.45. The highest BCUT2D eigenvalue weighted by Gasteiger charge is 2.23. The summed E-state index contributed by atoms with van der Waals surface area (Å²) in [6.45, 7) is 4.02. The second kappa shape index (κ2) is 6.91. The number of nitrogens with two attached hydrogens (primary N) is 1. The van der Waals surface area contributed by atoms with E-state index in [4.69, 9.17) is 10.8 Å². The minimum absolute atomic E-state index is 0.0657. The lowest BCUT2D eigenvalue weighted by Gasteiger charge is -2.26. The van der Waals surface area contributed by atoms with Crippen LogP contribution in [0.2, 0.25) is 0 Å². The summed E-state index contributed by atoms with van der Waals surface area (Å²) < 4.78 is 0. The number of hydrogen-bond donors (Lipinski definition) is 3. The van der Waals surface area contributed by atoms with Crippen molar-refractivity contribution in [1.82, 2.24) is 0 Å². The molecule has 1 amide bonds. The first-order chi connectivity index (χ1) is 9.36. The summed E-state index contributed by atoms with van der Waals surface area (Å²) in [7, 11) is 0. The molecule has 0 aliphatic heterocycles. The number of carboxylic acid groups (broad SMARTS) is 1. The fourth-order valence-electron chi connectivity index (χ4n) is 1.94. The van der Waals surface area contributed by atoms with Gasteiger partial charge in [0, 0.05) is 19.0 Å². The van der Waals surface area contributed by atoms with E-state index in [9.17, 15) is 14.7 Å². The van der Waals surface area contributed by atoms with Gasteiger partial charge in [0.05, 0.1) is 11.7 Å². The molecule has 1 unspecified atom stereocenters. The zero-order valence-corrected chi connectivity index (χ0v) is 11.7. The molecule has 6 nitrogen and oxygen atoms in total. The van der Waals surface area contributed by atoms with Crippen LogP contribution in [0.3, 0.4) is 0 Å². The van der Waals surface area contributed by atoms with E-state index in [0.717, 1.165) is 5.56 Å². The average molecular weight is 280 g/mol. The predicted octanol–water partition coefficient (Wildman–Crippen LogP) is 1.25. The summed E-state index contributed by atoms with van der Waals surface area (Å²) in [5.74, 6) is -1.26. The van der Waals surface area contributed by atoms with Crippen LogP contribution in [0, 0.1) is 6.92 Å². The van der Waals surface area contributed by atoms with E-state index in [1.807, 2.05) is 6.92 Å². The van der Waals surface area contributed by atoms with Crippen LogP contribution < -0.4 is 10.6 Å². The van der Waals surface area contributed by atoms with Crippen molar-refractivity contribution in [2.45, 2.75) is 32.7 Å². The molecule has 0 aliphatic carbocycles. The maximum absolute atomic E-state index is 12.3. The van der Waals surface area contributed by atoms with Gasteiger partial charge in [0.15, 0.2) is 0 Å². The molecule has 0 aliphatic rings. The Bertz CT molecular complexity index is 502. The number of carboxylic acids is 1. The summed E-state index contributed by atoms with van der Waals surface area (Å²) in [4.78, 5) is 24.3. The number of phenols is 1. The molecule has 6 heteroatoms. The SMILES string of the molecule is CCN(C(=O)C(N)CCC(=O)O)c1cc(O)ccc1C. The van der Waals surface area contributed by atoms with E-state index in [-0.39, 0.29) is 24.5 Å². The van der Waals surface area contributed by atoms with Gasteiger partial charge in [-0.25, -0.2) is 0 Å². The Morgan fingerprint density at radius 1 is 1.40 bits per heavy atom. The lowest BCUT2D eigenvalue weighted by Crippen LogP contribution is -2.44. The Hall–Kier alpha value is -2.08. The molecule has 0 aromatic heterocycles. The first-order valence-corrected chi connectivity index (χ1v) is 6.45. The molecule has 0 fully saturated rings. The molecule has 0 bridgehead atoms. The summed E-state index contributed by atoms with van der Waals surface area (Å²) in [5.41, 5.74) is 7.17. The monoisotopic (exact) mass is 280 g/mol. The quantitative estimate of drug-likeness (QED) is 0.727. The number of hydrogen-bond acceptors (Lipinski definition) is 4. The highest BCUT2D eigenvalue weighted by molar-refractivity contribution is 5.98. The summed E-state index contributed by atoms with van der Waals surface area (Å²) in [6, 6.07) is 3.89. The van der Waals surface area contributed by atoms with Gasteiger partial charge in [0.2, 0.25) is 5.91 Å². The Kier molecular flexibility index (Phi) is 5.52. The molecule has 0 saturated heterocycles. The van der Waals surface area contributed by atoms with Crippen molar-refractivity contribution in [2.75, 3.05) is 11.4 Å². The molecule has 1 atom stereocenters. The van der Waals surface area contributed by atoms with E-state index in [1.165, 1.54) is 11.0 Å². The van der Waals surface area contributed by atoms with E-state index in [1.54, 1.807) is 19.1 Å². The maximum Gasteiger partial charge on any atom is 0.303 e. The highest BCUT2D eigenvalue weighted by Crippen LogP contribution is 2.25. The van der Waals surface area contributed by atoms with Crippen molar-refractivity contribution in [3.8, 4) is 5.75 Å². The third-order valence-electron chi connectivity index (χ3n) is 3.05. The largest absolute Gasteiger partial charge is 0.508 e. The summed E-state index contributed by atoms with van der Waals surface area (Å²) >= 11 is 0.